The Morgan fingerprint density at radius 1 is 1.31 bits per heavy atom. The van der Waals surface area contributed by atoms with Crippen LogP contribution < -0.4 is 11.1 Å². The van der Waals surface area contributed by atoms with E-state index in [-0.39, 0.29) is 43.0 Å². The van der Waals surface area contributed by atoms with Gasteiger partial charge in [0.1, 0.15) is 5.82 Å². The summed E-state index contributed by atoms with van der Waals surface area (Å²) in [4.78, 5) is 21.7. The van der Waals surface area contributed by atoms with Gasteiger partial charge in [-0.3, -0.25) is 4.79 Å². The summed E-state index contributed by atoms with van der Waals surface area (Å²) in [5, 5.41) is 3.10. The quantitative estimate of drug-likeness (QED) is 0.870. The number of carbonyl (C=O) groups is 1. The molecule has 0 spiro atoms. The molecule has 3 rings (SSSR count). The number of carbonyl (C=O) groups excluding carboxylic acids is 1. The van der Waals surface area contributed by atoms with E-state index < -0.39 is 11.7 Å². The van der Waals surface area contributed by atoms with Crippen molar-refractivity contribution in [1.82, 2.24) is 14.9 Å². The summed E-state index contributed by atoms with van der Waals surface area (Å²) in [6.45, 7) is 1.97. The number of hydrogen-bond acceptors (Lipinski definition) is 5. The Bertz CT molecular complexity index is 804. The number of nitrogen functional groups attached to an aromatic ring is 1. The van der Waals surface area contributed by atoms with Crippen LogP contribution in [-0.2, 0) is 17.5 Å². The lowest BCUT2D eigenvalue weighted by atomic mass is 10.1. The van der Waals surface area contributed by atoms with Gasteiger partial charge in [0.25, 0.3) is 0 Å². The molecule has 0 unspecified atom stereocenters. The van der Waals surface area contributed by atoms with Crippen LogP contribution in [0.2, 0.25) is 0 Å². The van der Waals surface area contributed by atoms with Gasteiger partial charge in [-0.15, -0.1) is 0 Å². The molecule has 1 fully saturated rings. The van der Waals surface area contributed by atoms with Crippen LogP contribution in [-0.4, -0.2) is 33.4 Å². The van der Waals surface area contributed by atoms with E-state index in [2.05, 4.69) is 15.3 Å². The van der Waals surface area contributed by atoms with Crippen LogP contribution in [0.3, 0.4) is 0 Å². The highest BCUT2D eigenvalue weighted by Crippen LogP contribution is 2.33. The van der Waals surface area contributed by atoms with E-state index >= 15 is 0 Å². The number of aryl methyl sites for hydroxylation is 1. The van der Waals surface area contributed by atoms with Crippen molar-refractivity contribution in [2.24, 2.45) is 0 Å². The molecule has 0 radical (unpaired) electrons. The maximum atomic E-state index is 13.1. The number of aromatic nitrogens is 2. The summed E-state index contributed by atoms with van der Waals surface area (Å²) in [6, 6.07) is 6.73. The third-order valence-corrected chi connectivity index (χ3v) is 4.12. The zero-order valence-corrected chi connectivity index (χ0v) is 14.0. The van der Waals surface area contributed by atoms with Crippen molar-refractivity contribution in [1.29, 1.82) is 0 Å². The lowest BCUT2D eigenvalue weighted by molar-refractivity contribution is -0.139. The normalized spacial score (nSPS) is 17.6. The second-order valence-electron chi connectivity index (χ2n) is 6.23. The number of halogens is 3. The average molecular weight is 365 g/mol. The Morgan fingerprint density at radius 2 is 2.04 bits per heavy atom. The fourth-order valence-electron chi connectivity index (χ4n) is 3.04. The van der Waals surface area contributed by atoms with Crippen LogP contribution >= 0.6 is 0 Å². The van der Waals surface area contributed by atoms with Crippen LogP contribution in [0.25, 0.3) is 0 Å². The second kappa shape index (κ2) is 6.81. The molecule has 6 nitrogen and oxygen atoms in total. The first-order chi connectivity index (χ1) is 12.2. The van der Waals surface area contributed by atoms with E-state index in [9.17, 15) is 18.0 Å². The van der Waals surface area contributed by atoms with Gasteiger partial charge in [0.15, 0.2) is 0 Å². The van der Waals surface area contributed by atoms with Gasteiger partial charge in [0.05, 0.1) is 11.6 Å². The highest BCUT2D eigenvalue weighted by Gasteiger charge is 2.35. The predicted molar refractivity (Wildman–Crippen MR) is 90.1 cm³/mol. The van der Waals surface area contributed by atoms with Gasteiger partial charge in [-0.1, -0.05) is 18.2 Å². The Hall–Kier alpha value is -2.84. The monoisotopic (exact) mass is 365 g/mol. The molecule has 1 aliphatic heterocycles. The van der Waals surface area contributed by atoms with Crippen LogP contribution in [0.5, 0.6) is 0 Å². The summed E-state index contributed by atoms with van der Waals surface area (Å²) in [5.41, 5.74) is 5.64. The molecule has 2 heterocycles. The lowest BCUT2D eigenvalue weighted by Crippen LogP contribution is -2.28. The molecule has 1 atom stereocenters. The highest BCUT2D eigenvalue weighted by molar-refractivity contribution is 5.80. The summed E-state index contributed by atoms with van der Waals surface area (Å²) >= 11 is 0. The van der Waals surface area contributed by atoms with E-state index in [0.717, 1.165) is 6.07 Å². The van der Waals surface area contributed by atoms with Crippen LogP contribution in [0, 0.1) is 6.92 Å². The van der Waals surface area contributed by atoms with Crippen LogP contribution in [0.4, 0.5) is 24.9 Å². The zero-order chi connectivity index (χ0) is 18.9. The first-order valence-corrected chi connectivity index (χ1v) is 8.03. The van der Waals surface area contributed by atoms with Crippen molar-refractivity contribution in [3.63, 3.8) is 0 Å². The maximum Gasteiger partial charge on any atom is 0.416 e. The molecule has 138 valence electrons. The first kappa shape index (κ1) is 18.0. The molecule has 9 heteroatoms. The van der Waals surface area contributed by atoms with E-state index in [4.69, 9.17) is 5.73 Å². The lowest BCUT2D eigenvalue weighted by Gasteiger charge is -2.20. The van der Waals surface area contributed by atoms with Gasteiger partial charge < -0.3 is 16.0 Å². The third-order valence-electron chi connectivity index (χ3n) is 4.12. The largest absolute Gasteiger partial charge is 0.416 e. The summed E-state index contributed by atoms with van der Waals surface area (Å²) in [5.74, 6) is 0.399. The fourth-order valence-corrected chi connectivity index (χ4v) is 3.04. The number of nitrogens with two attached hydrogens (primary N) is 1. The maximum absolute atomic E-state index is 13.1. The molecule has 1 amide bonds. The van der Waals surface area contributed by atoms with Crippen molar-refractivity contribution in [2.45, 2.75) is 32.1 Å². The molecular formula is C17H18F3N5O. The van der Waals surface area contributed by atoms with Crippen LogP contribution in [0.1, 0.15) is 23.2 Å². The average Bonchev–Trinajstić information content (AvgIpc) is 2.85. The molecule has 0 saturated carbocycles. The van der Waals surface area contributed by atoms with Crippen molar-refractivity contribution >= 4 is 17.7 Å². The number of benzene rings is 1. The molecule has 0 bridgehead atoms. The smallest absolute Gasteiger partial charge is 0.368 e. The molecule has 1 aromatic carbocycles. The number of nitrogens with one attached hydrogen (secondary N) is 1. The fraction of sp³-hybridized carbons (Fsp3) is 0.353. The van der Waals surface area contributed by atoms with Gasteiger partial charge in [-0.25, -0.2) is 4.98 Å². The van der Waals surface area contributed by atoms with Gasteiger partial charge in [0.2, 0.25) is 11.9 Å². The minimum atomic E-state index is -4.45. The van der Waals surface area contributed by atoms with Crippen molar-refractivity contribution in [3.05, 3.63) is 47.2 Å². The number of alkyl halides is 3. The number of hydrogen-bond donors (Lipinski definition) is 2. The zero-order valence-electron chi connectivity index (χ0n) is 14.0. The molecule has 3 N–H and O–H groups in total. The molecule has 2 aromatic rings. The SMILES string of the molecule is Cc1cc(N[C@@H]2CC(=O)N(Cc3ccccc3C(F)(F)F)C2)nc(N)n1. The summed E-state index contributed by atoms with van der Waals surface area (Å²) in [7, 11) is 0. The molecule has 0 aliphatic carbocycles. The second-order valence-corrected chi connectivity index (χ2v) is 6.23. The van der Waals surface area contributed by atoms with E-state index in [1.54, 1.807) is 13.0 Å². The summed E-state index contributed by atoms with van der Waals surface area (Å²) in [6.07, 6.45) is -4.27. The van der Waals surface area contributed by atoms with Crippen molar-refractivity contribution in [2.75, 3.05) is 17.6 Å². The molecule has 1 aromatic heterocycles. The van der Waals surface area contributed by atoms with Gasteiger partial charge in [-0.05, 0) is 18.6 Å². The topological polar surface area (TPSA) is 84.1 Å². The standard InChI is InChI=1S/C17H18F3N5O/c1-10-6-14(24-16(21)22-10)23-12-7-15(26)25(9-12)8-11-4-2-3-5-13(11)17(18,19)20/h2-6,12H,7-9H2,1H3,(H3,21,22,23,24)/t12-/m1/s1. The van der Waals surface area contributed by atoms with Gasteiger partial charge in [-0.2, -0.15) is 18.2 Å². The van der Waals surface area contributed by atoms with E-state index in [1.165, 1.54) is 23.1 Å². The Labute approximate surface area is 148 Å². The molecule has 26 heavy (non-hydrogen) atoms. The Morgan fingerprint density at radius 3 is 2.73 bits per heavy atom. The van der Waals surface area contributed by atoms with Gasteiger partial charge >= 0.3 is 6.18 Å². The number of nitrogens with zero attached hydrogens (tertiary/aromatic N) is 3. The Kier molecular flexibility index (Phi) is 4.71. The third kappa shape index (κ3) is 4.04. The highest BCUT2D eigenvalue weighted by atomic mass is 19.4. The first-order valence-electron chi connectivity index (χ1n) is 8.03. The van der Waals surface area contributed by atoms with Crippen LogP contribution in [0.15, 0.2) is 30.3 Å². The minimum Gasteiger partial charge on any atom is -0.368 e. The van der Waals surface area contributed by atoms with E-state index in [1.807, 2.05) is 0 Å². The molecule has 1 saturated heterocycles. The van der Waals surface area contributed by atoms with Crippen molar-refractivity contribution < 1.29 is 18.0 Å². The molecular weight excluding hydrogens is 347 g/mol. The molecule has 1 aliphatic rings. The minimum absolute atomic E-state index is 0.0797. The van der Waals surface area contributed by atoms with Crippen molar-refractivity contribution in [3.8, 4) is 0 Å². The number of rotatable bonds is 4. The van der Waals surface area contributed by atoms with Gasteiger partial charge in [0, 0.05) is 31.3 Å². The number of likely N-dealkylation sites (tertiary alicyclic amines) is 1. The Balaban J connectivity index is 1.71. The predicted octanol–water partition coefficient (Wildman–Crippen LogP) is 2.60. The number of amides is 1. The number of anilines is 2. The van der Waals surface area contributed by atoms with E-state index in [0.29, 0.717) is 11.5 Å². The summed E-state index contributed by atoms with van der Waals surface area (Å²) < 4.78 is 39.4.